The first-order valence-electron chi connectivity index (χ1n) is 5.18. The highest BCUT2D eigenvalue weighted by Gasteiger charge is 2.14. The van der Waals surface area contributed by atoms with Gasteiger partial charge in [0.2, 0.25) is 0 Å². The predicted octanol–water partition coefficient (Wildman–Crippen LogP) is 3.98. The van der Waals surface area contributed by atoms with Crippen LogP contribution >= 0.6 is 28.1 Å². The topological polar surface area (TPSA) is 33.6 Å². The molecule has 3 aromatic rings. The Bertz CT molecular complexity index is 773. The van der Waals surface area contributed by atoms with E-state index in [0.717, 1.165) is 5.52 Å². The van der Waals surface area contributed by atoms with Crippen LogP contribution in [0.15, 0.2) is 41.0 Å². The second-order valence-electron chi connectivity index (χ2n) is 3.71. The first-order valence-corrected chi connectivity index (χ1v) is 6.39. The zero-order valence-corrected chi connectivity index (χ0v) is 11.4. The zero-order valence-electron chi connectivity index (χ0n) is 9.02. The number of fused-ring (bicyclic) bond motifs is 1. The largest absolute Gasteiger partial charge is 0.329 e. The molecule has 0 fully saturated rings. The lowest BCUT2D eigenvalue weighted by atomic mass is 10.3. The van der Waals surface area contributed by atoms with Crippen molar-refractivity contribution in [2.24, 2.45) is 0 Å². The molecule has 0 amide bonds. The fourth-order valence-corrected chi connectivity index (χ4v) is 2.66. The first kappa shape index (κ1) is 11.6. The molecule has 0 bridgehead atoms. The van der Waals surface area contributed by atoms with Crippen LogP contribution in [-0.4, -0.2) is 14.5 Å². The van der Waals surface area contributed by atoms with Crippen LogP contribution in [0.25, 0.3) is 16.9 Å². The van der Waals surface area contributed by atoms with E-state index < -0.39 is 0 Å². The number of imidazole rings is 1. The third kappa shape index (κ3) is 1.69. The summed E-state index contributed by atoms with van der Waals surface area (Å²) in [5.41, 5.74) is 1.75. The van der Waals surface area contributed by atoms with E-state index in [0.29, 0.717) is 20.6 Å². The molecule has 0 saturated carbocycles. The van der Waals surface area contributed by atoms with E-state index in [1.54, 1.807) is 29.0 Å². The van der Waals surface area contributed by atoms with E-state index in [4.69, 9.17) is 12.2 Å². The second kappa shape index (κ2) is 4.29. The summed E-state index contributed by atoms with van der Waals surface area (Å²) in [6.07, 6.45) is 1.65. The molecule has 6 heteroatoms. The van der Waals surface area contributed by atoms with Gasteiger partial charge in [-0.1, -0.05) is 6.07 Å². The van der Waals surface area contributed by atoms with Crippen molar-refractivity contribution in [3.05, 3.63) is 51.6 Å². The average Bonchev–Trinajstić information content (AvgIpc) is 2.66. The van der Waals surface area contributed by atoms with Gasteiger partial charge >= 0.3 is 0 Å². The Hall–Kier alpha value is -1.53. The zero-order chi connectivity index (χ0) is 12.7. The van der Waals surface area contributed by atoms with Crippen LogP contribution in [0.5, 0.6) is 0 Å². The van der Waals surface area contributed by atoms with Crippen LogP contribution in [0.1, 0.15) is 0 Å². The Balaban J connectivity index is 2.46. The van der Waals surface area contributed by atoms with Crippen molar-refractivity contribution in [2.45, 2.75) is 0 Å². The molecule has 0 atom stereocenters. The number of aromatic nitrogens is 3. The minimum Gasteiger partial charge on any atom is -0.329 e. The lowest BCUT2D eigenvalue weighted by molar-refractivity contribution is 0.617. The third-order valence-electron chi connectivity index (χ3n) is 2.60. The van der Waals surface area contributed by atoms with Crippen molar-refractivity contribution in [1.82, 2.24) is 14.5 Å². The number of halogens is 2. The van der Waals surface area contributed by atoms with Crippen LogP contribution < -0.4 is 0 Å². The van der Waals surface area contributed by atoms with Crippen molar-refractivity contribution in [2.75, 3.05) is 0 Å². The molecule has 3 nitrogen and oxygen atoms in total. The molecular formula is C12H7BrFN3S. The van der Waals surface area contributed by atoms with Gasteiger partial charge in [0.15, 0.2) is 10.4 Å². The van der Waals surface area contributed by atoms with Crippen molar-refractivity contribution in [3.8, 4) is 5.69 Å². The molecule has 1 aromatic carbocycles. The summed E-state index contributed by atoms with van der Waals surface area (Å²) in [6, 6.07) is 8.44. The molecule has 0 aliphatic carbocycles. The normalized spacial score (nSPS) is 11.0. The number of para-hydroxylation sites is 1. The molecule has 18 heavy (non-hydrogen) atoms. The summed E-state index contributed by atoms with van der Waals surface area (Å²) in [4.78, 5) is 7.25. The van der Waals surface area contributed by atoms with Gasteiger partial charge in [-0.15, -0.1) is 0 Å². The third-order valence-corrected chi connectivity index (χ3v) is 3.53. The summed E-state index contributed by atoms with van der Waals surface area (Å²) < 4.78 is 16.6. The van der Waals surface area contributed by atoms with Crippen molar-refractivity contribution in [1.29, 1.82) is 0 Å². The molecule has 0 spiro atoms. The quantitative estimate of drug-likeness (QED) is 0.687. The number of hydrogen-bond donors (Lipinski definition) is 1. The molecule has 1 N–H and O–H groups in total. The van der Waals surface area contributed by atoms with Gasteiger partial charge in [-0.2, -0.15) is 0 Å². The fraction of sp³-hybridized carbons (Fsp3) is 0. The van der Waals surface area contributed by atoms with Crippen LogP contribution in [0, 0.1) is 10.6 Å². The highest BCUT2D eigenvalue weighted by Crippen LogP contribution is 2.27. The Morgan fingerprint density at radius 2 is 2.11 bits per heavy atom. The van der Waals surface area contributed by atoms with Crippen molar-refractivity contribution in [3.63, 3.8) is 0 Å². The van der Waals surface area contributed by atoms with E-state index in [1.165, 1.54) is 6.07 Å². The Kier molecular flexibility index (Phi) is 2.76. The molecule has 90 valence electrons. The predicted molar refractivity (Wildman–Crippen MR) is 73.9 cm³/mol. The molecule has 0 aliphatic rings. The molecule has 0 aliphatic heterocycles. The van der Waals surface area contributed by atoms with Gasteiger partial charge in [0.1, 0.15) is 5.82 Å². The van der Waals surface area contributed by atoms with E-state index >= 15 is 0 Å². The van der Waals surface area contributed by atoms with Crippen molar-refractivity contribution >= 4 is 39.3 Å². The maximum absolute atomic E-state index is 14.0. The minimum absolute atomic E-state index is 0.355. The summed E-state index contributed by atoms with van der Waals surface area (Å²) >= 11 is 8.57. The number of pyridine rings is 1. The summed E-state index contributed by atoms with van der Waals surface area (Å²) in [6.45, 7) is 0. The smallest absolute Gasteiger partial charge is 0.184 e. The summed E-state index contributed by atoms with van der Waals surface area (Å²) in [7, 11) is 0. The number of nitrogens with one attached hydrogen (secondary N) is 1. The molecule has 0 radical (unpaired) electrons. The summed E-state index contributed by atoms with van der Waals surface area (Å²) in [5, 5.41) is 0. The SMILES string of the molecule is Fc1cccc(Br)c1-n1c(=S)[nH]c2cccnc21. The Morgan fingerprint density at radius 3 is 2.89 bits per heavy atom. The maximum Gasteiger partial charge on any atom is 0.184 e. The fourth-order valence-electron chi connectivity index (χ4n) is 1.85. The molecule has 2 heterocycles. The molecule has 0 unspecified atom stereocenters. The van der Waals surface area contributed by atoms with Gasteiger partial charge in [0.05, 0.1) is 11.2 Å². The van der Waals surface area contributed by atoms with Crippen LogP contribution in [0.4, 0.5) is 4.39 Å². The van der Waals surface area contributed by atoms with Gasteiger partial charge in [0, 0.05) is 10.7 Å². The second-order valence-corrected chi connectivity index (χ2v) is 4.95. The van der Waals surface area contributed by atoms with E-state index in [2.05, 4.69) is 25.9 Å². The number of nitrogens with zero attached hydrogens (tertiary/aromatic N) is 2. The monoisotopic (exact) mass is 323 g/mol. The van der Waals surface area contributed by atoms with Crippen molar-refractivity contribution < 1.29 is 4.39 Å². The van der Waals surface area contributed by atoms with Crippen LogP contribution in [0.2, 0.25) is 0 Å². The number of H-pyrrole nitrogens is 1. The highest BCUT2D eigenvalue weighted by molar-refractivity contribution is 9.10. The Morgan fingerprint density at radius 1 is 1.28 bits per heavy atom. The van der Waals surface area contributed by atoms with E-state index in [9.17, 15) is 4.39 Å². The van der Waals surface area contributed by atoms with Gasteiger partial charge < -0.3 is 4.98 Å². The maximum atomic E-state index is 14.0. The van der Waals surface area contributed by atoms with Gasteiger partial charge in [0.25, 0.3) is 0 Å². The summed E-state index contributed by atoms with van der Waals surface area (Å²) in [5.74, 6) is -0.355. The highest BCUT2D eigenvalue weighted by atomic mass is 79.9. The standard InChI is InChI=1S/C12H7BrFN3S/c13-7-3-1-4-8(14)10(7)17-11-9(16-12(17)18)5-2-6-15-11/h1-6H,(H,16,18). The van der Waals surface area contributed by atoms with E-state index in [-0.39, 0.29) is 5.82 Å². The average molecular weight is 324 g/mol. The number of rotatable bonds is 1. The lowest BCUT2D eigenvalue weighted by Crippen LogP contribution is -2.00. The molecule has 3 rings (SSSR count). The van der Waals surface area contributed by atoms with Crippen LogP contribution in [0.3, 0.4) is 0 Å². The molecular weight excluding hydrogens is 317 g/mol. The Labute approximate surface area is 115 Å². The molecule has 0 saturated heterocycles. The lowest BCUT2D eigenvalue weighted by Gasteiger charge is -2.07. The number of hydrogen-bond acceptors (Lipinski definition) is 2. The van der Waals surface area contributed by atoms with Crippen LogP contribution in [-0.2, 0) is 0 Å². The first-order chi connectivity index (χ1) is 8.68. The van der Waals surface area contributed by atoms with Gasteiger partial charge in [-0.3, -0.25) is 4.57 Å². The number of benzene rings is 1. The number of aromatic amines is 1. The van der Waals surface area contributed by atoms with E-state index in [1.807, 2.05) is 6.07 Å². The van der Waals surface area contributed by atoms with Gasteiger partial charge in [-0.25, -0.2) is 9.37 Å². The minimum atomic E-state index is -0.355. The van der Waals surface area contributed by atoms with Gasteiger partial charge in [-0.05, 0) is 52.4 Å². The molecule has 2 aromatic heterocycles.